The molecule has 1 atom stereocenters. The van der Waals surface area contributed by atoms with Crippen LogP contribution in [0.5, 0.6) is 0 Å². The van der Waals surface area contributed by atoms with Gasteiger partial charge < -0.3 is 19.5 Å². The lowest BCUT2D eigenvalue weighted by atomic mass is 10.4. The van der Waals surface area contributed by atoms with Gasteiger partial charge in [0.05, 0.1) is 13.2 Å². The summed E-state index contributed by atoms with van der Waals surface area (Å²) >= 11 is 0. The van der Waals surface area contributed by atoms with E-state index in [1.165, 1.54) is 0 Å². The minimum atomic E-state index is -0.541. The summed E-state index contributed by atoms with van der Waals surface area (Å²) in [6, 6.07) is 0. The van der Waals surface area contributed by atoms with E-state index in [0.29, 0.717) is 19.8 Å². The summed E-state index contributed by atoms with van der Waals surface area (Å²) in [4.78, 5) is 10.9. The third-order valence-corrected chi connectivity index (χ3v) is 1.82. The molecule has 1 aliphatic heterocycles. The standard InChI is InChI=1S/C9H17NO4/c1-4-12-8(11)10-5-7-6-13-9(2,3)14-7/h7H,4-6H2,1-3H3,(H,10,11). The summed E-state index contributed by atoms with van der Waals surface area (Å²) < 4.78 is 15.5. The molecule has 0 spiro atoms. The average molecular weight is 203 g/mol. The van der Waals surface area contributed by atoms with E-state index in [4.69, 9.17) is 14.2 Å². The van der Waals surface area contributed by atoms with Crippen LogP contribution in [0.15, 0.2) is 0 Å². The minimum Gasteiger partial charge on any atom is -0.450 e. The van der Waals surface area contributed by atoms with Gasteiger partial charge in [-0.3, -0.25) is 0 Å². The van der Waals surface area contributed by atoms with Crippen molar-refractivity contribution < 1.29 is 19.0 Å². The van der Waals surface area contributed by atoms with Crippen molar-refractivity contribution in [3.63, 3.8) is 0 Å². The smallest absolute Gasteiger partial charge is 0.407 e. The van der Waals surface area contributed by atoms with Crippen molar-refractivity contribution in [3.05, 3.63) is 0 Å². The molecule has 1 amide bonds. The zero-order chi connectivity index (χ0) is 10.6. The second-order valence-electron chi connectivity index (χ2n) is 3.55. The van der Waals surface area contributed by atoms with Gasteiger partial charge in [0.15, 0.2) is 5.79 Å². The first-order chi connectivity index (χ1) is 6.53. The fourth-order valence-electron chi connectivity index (χ4n) is 1.24. The van der Waals surface area contributed by atoms with Crippen molar-refractivity contribution in [3.8, 4) is 0 Å². The van der Waals surface area contributed by atoms with Crippen molar-refractivity contribution in [2.75, 3.05) is 19.8 Å². The van der Waals surface area contributed by atoms with Gasteiger partial charge in [0.2, 0.25) is 0 Å². The Balaban J connectivity index is 2.17. The summed E-state index contributed by atoms with van der Waals surface area (Å²) in [5.74, 6) is -0.541. The molecule has 0 saturated carbocycles. The highest BCUT2D eigenvalue weighted by molar-refractivity contribution is 5.67. The second-order valence-corrected chi connectivity index (χ2v) is 3.55. The molecule has 1 rings (SSSR count). The summed E-state index contributed by atoms with van der Waals surface area (Å²) in [5, 5.41) is 2.60. The lowest BCUT2D eigenvalue weighted by Crippen LogP contribution is -2.34. The molecule has 0 radical (unpaired) electrons. The molecule has 0 bridgehead atoms. The molecule has 0 aromatic heterocycles. The maximum atomic E-state index is 10.9. The molecule has 14 heavy (non-hydrogen) atoms. The summed E-state index contributed by atoms with van der Waals surface area (Å²) in [6.07, 6.45) is -0.504. The van der Waals surface area contributed by atoms with Gasteiger partial charge in [-0.1, -0.05) is 0 Å². The van der Waals surface area contributed by atoms with Crippen molar-refractivity contribution in [1.82, 2.24) is 5.32 Å². The molecule has 1 aliphatic rings. The molecule has 82 valence electrons. The zero-order valence-electron chi connectivity index (χ0n) is 8.83. The Morgan fingerprint density at radius 2 is 2.36 bits per heavy atom. The highest BCUT2D eigenvalue weighted by atomic mass is 16.7. The molecule has 1 heterocycles. The monoisotopic (exact) mass is 203 g/mol. The van der Waals surface area contributed by atoms with Gasteiger partial charge in [0.1, 0.15) is 6.10 Å². The molecule has 5 heteroatoms. The van der Waals surface area contributed by atoms with Crippen molar-refractivity contribution in [2.45, 2.75) is 32.7 Å². The minimum absolute atomic E-state index is 0.0885. The van der Waals surface area contributed by atoms with Gasteiger partial charge in [-0.25, -0.2) is 4.79 Å². The molecule has 0 aliphatic carbocycles. The zero-order valence-corrected chi connectivity index (χ0v) is 8.83. The number of rotatable bonds is 3. The number of hydrogen-bond acceptors (Lipinski definition) is 4. The largest absolute Gasteiger partial charge is 0.450 e. The third kappa shape index (κ3) is 3.51. The fraction of sp³-hybridized carbons (Fsp3) is 0.889. The molecule has 0 aromatic rings. The Kier molecular flexibility index (Phi) is 3.71. The number of ether oxygens (including phenoxy) is 3. The lowest BCUT2D eigenvalue weighted by molar-refractivity contribution is -0.137. The van der Waals surface area contributed by atoms with Gasteiger partial charge in [-0.15, -0.1) is 0 Å². The van der Waals surface area contributed by atoms with E-state index >= 15 is 0 Å². The third-order valence-electron chi connectivity index (χ3n) is 1.82. The quantitative estimate of drug-likeness (QED) is 0.740. The number of alkyl carbamates (subject to hydrolysis) is 1. The highest BCUT2D eigenvalue weighted by Gasteiger charge is 2.32. The normalized spacial score (nSPS) is 24.6. The Labute approximate surface area is 83.7 Å². The summed E-state index contributed by atoms with van der Waals surface area (Å²) in [5.41, 5.74) is 0. The molecular formula is C9H17NO4. The fourth-order valence-corrected chi connectivity index (χ4v) is 1.24. The van der Waals surface area contributed by atoms with E-state index in [9.17, 15) is 4.79 Å². The number of carbonyl (C=O) groups excluding carboxylic acids is 1. The maximum Gasteiger partial charge on any atom is 0.407 e. The van der Waals surface area contributed by atoms with Crippen molar-refractivity contribution >= 4 is 6.09 Å². The van der Waals surface area contributed by atoms with E-state index < -0.39 is 11.9 Å². The maximum absolute atomic E-state index is 10.9. The average Bonchev–Trinajstić information content (AvgIpc) is 2.43. The number of amides is 1. The number of hydrogen-bond donors (Lipinski definition) is 1. The van der Waals surface area contributed by atoms with Crippen molar-refractivity contribution in [1.29, 1.82) is 0 Å². The van der Waals surface area contributed by atoms with Gasteiger partial charge in [-0.2, -0.15) is 0 Å². The van der Waals surface area contributed by atoms with E-state index in [0.717, 1.165) is 0 Å². The van der Waals surface area contributed by atoms with Crippen molar-refractivity contribution in [2.24, 2.45) is 0 Å². The van der Waals surface area contributed by atoms with Crippen LogP contribution in [0.4, 0.5) is 4.79 Å². The van der Waals surface area contributed by atoms with Crippen LogP contribution in [0.2, 0.25) is 0 Å². The predicted octanol–water partition coefficient (Wildman–Crippen LogP) is 0.884. The predicted molar refractivity (Wildman–Crippen MR) is 49.9 cm³/mol. The molecule has 0 aromatic carbocycles. The SMILES string of the molecule is CCOC(=O)NCC1COC(C)(C)O1. The van der Waals surface area contributed by atoms with E-state index in [2.05, 4.69) is 5.32 Å². The summed E-state index contributed by atoms with van der Waals surface area (Å²) in [7, 11) is 0. The summed E-state index contributed by atoms with van der Waals surface area (Å²) in [6.45, 7) is 6.74. The Hall–Kier alpha value is -0.810. The van der Waals surface area contributed by atoms with Crippen LogP contribution in [0, 0.1) is 0 Å². The van der Waals surface area contributed by atoms with Crippen LogP contribution in [0.25, 0.3) is 0 Å². The van der Waals surface area contributed by atoms with Crippen LogP contribution in [0.3, 0.4) is 0 Å². The van der Waals surface area contributed by atoms with Gasteiger partial charge in [-0.05, 0) is 20.8 Å². The molecule has 1 saturated heterocycles. The van der Waals surface area contributed by atoms with Gasteiger partial charge >= 0.3 is 6.09 Å². The van der Waals surface area contributed by atoms with Crippen LogP contribution >= 0.6 is 0 Å². The molecule has 5 nitrogen and oxygen atoms in total. The number of nitrogens with one attached hydrogen (secondary N) is 1. The molecular weight excluding hydrogens is 186 g/mol. The topological polar surface area (TPSA) is 56.8 Å². The molecule has 1 N–H and O–H groups in total. The number of carbonyl (C=O) groups is 1. The van der Waals surface area contributed by atoms with Gasteiger partial charge in [0.25, 0.3) is 0 Å². The van der Waals surface area contributed by atoms with Crippen LogP contribution in [-0.4, -0.2) is 37.7 Å². The molecule has 1 unspecified atom stereocenters. The van der Waals surface area contributed by atoms with Gasteiger partial charge in [0, 0.05) is 6.54 Å². The van der Waals surface area contributed by atoms with E-state index in [-0.39, 0.29) is 6.10 Å². The van der Waals surface area contributed by atoms with Crippen LogP contribution < -0.4 is 5.32 Å². The highest BCUT2D eigenvalue weighted by Crippen LogP contribution is 2.21. The van der Waals surface area contributed by atoms with E-state index in [1.54, 1.807) is 6.92 Å². The van der Waals surface area contributed by atoms with Crippen LogP contribution in [-0.2, 0) is 14.2 Å². The second kappa shape index (κ2) is 4.61. The molecule has 1 fully saturated rings. The Morgan fingerprint density at radius 1 is 1.64 bits per heavy atom. The Bertz CT molecular complexity index is 205. The lowest BCUT2D eigenvalue weighted by Gasteiger charge is -2.17. The van der Waals surface area contributed by atoms with Crippen LogP contribution in [0.1, 0.15) is 20.8 Å². The Morgan fingerprint density at radius 3 is 2.86 bits per heavy atom. The first kappa shape index (κ1) is 11.3. The first-order valence-electron chi connectivity index (χ1n) is 4.76. The van der Waals surface area contributed by atoms with E-state index in [1.807, 2.05) is 13.8 Å². The first-order valence-corrected chi connectivity index (χ1v) is 4.76.